The minimum absolute atomic E-state index is 0.723. The van der Waals surface area contributed by atoms with E-state index < -0.39 is 0 Å². The van der Waals surface area contributed by atoms with Crippen LogP contribution in [-0.2, 0) is 19.5 Å². The van der Waals surface area contributed by atoms with Crippen LogP contribution in [0.3, 0.4) is 0 Å². The van der Waals surface area contributed by atoms with Gasteiger partial charge in [-0.3, -0.25) is 9.88 Å². The molecule has 2 aromatic heterocycles. The monoisotopic (exact) mass is 330 g/mol. The molecule has 0 amide bonds. The summed E-state index contributed by atoms with van der Waals surface area (Å²) in [5, 5.41) is 0. The Balaban J connectivity index is 1.35. The predicted octanol–water partition coefficient (Wildman–Crippen LogP) is 3.25. The van der Waals surface area contributed by atoms with Gasteiger partial charge in [-0.1, -0.05) is 36.4 Å². The standard InChI is InChI=1S/C21H22N4/c1-2-6-17(7-3-1)20-11-23-21-9-18-13-24(14-19(18)15-25(20)21)12-16-5-4-8-22-10-16/h1-8,10-11,18-19H,9,12-15H2/t18-,19-/m1/s1. The zero-order valence-corrected chi connectivity index (χ0v) is 14.3. The number of fused-ring (bicyclic) bond motifs is 2. The summed E-state index contributed by atoms with van der Waals surface area (Å²) in [7, 11) is 0. The van der Waals surface area contributed by atoms with E-state index in [2.05, 4.69) is 57.0 Å². The molecule has 25 heavy (non-hydrogen) atoms. The molecule has 4 heteroatoms. The van der Waals surface area contributed by atoms with Crippen LogP contribution in [-0.4, -0.2) is 32.5 Å². The number of hydrogen-bond donors (Lipinski definition) is 0. The average Bonchev–Trinajstić information content (AvgIpc) is 3.24. The quantitative estimate of drug-likeness (QED) is 0.739. The highest BCUT2D eigenvalue weighted by atomic mass is 15.2. The fraction of sp³-hybridized carbons (Fsp3) is 0.333. The lowest BCUT2D eigenvalue weighted by molar-refractivity contribution is 0.307. The second-order valence-corrected chi connectivity index (χ2v) is 7.32. The highest BCUT2D eigenvalue weighted by Crippen LogP contribution is 2.35. The molecule has 0 spiro atoms. The Hall–Kier alpha value is -2.46. The SMILES string of the molecule is c1ccc(-c2cnc3n2C[C@H]2CN(Cc4cccnc4)C[C@H]2C3)cc1. The summed E-state index contributed by atoms with van der Waals surface area (Å²) in [5.41, 5.74) is 3.84. The molecule has 126 valence electrons. The molecule has 1 saturated heterocycles. The molecule has 5 rings (SSSR count). The van der Waals surface area contributed by atoms with Gasteiger partial charge in [-0.15, -0.1) is 0 Å². The summed E-state index contributed by atoms with van der Waals surface area (Å²) in [4.78, 5) is 11.6. The van der Waals surface area contributed by atoms with Crippen molar-refractivity contribution in [3.63, 3.8) is 0 Å². The molecule has 1 fully saturated rings. The molecule has 4 heterocycles. The molecule has 4 nitrogen and oxygen atoms in total. The second kappa shape index (κ2) is 6.12. The first-order chi connectivity index (χ1) is 12.4. The normalized spacial score (nSPS) is 22.6. The van der Waals surface area contributed by atoms with E-state index in [0.29, 0.717) is 0 Å². The van der Waals surface area contributed by atoms with Crippen LogP contribution in [0.15, 0.2) is 61.1 Å². The van der Waals surface area contributed by atoms with Gasteiger partial charge in [0.05, 0.1) is 11.9 Å². The van der Waals surface area contributed by atoms with Gasteiger partial charge in [-0.2, -0.15) is 0 Å². The summed E-state index contributed by atoms with van der Waals surface area (Å²) in [6.45, 7) is 4.45. The van der Waals surface area contributed by atoms with Crippen molar-refractivity contribution < 1.29 is 0 Å². The predicted molar refractivity (Wildman–Crippen MR) is 97.9 cm³/mol. The highest BCUT2D eigenvalue weighted by molar-refractivity contribution is 5.59. The van der Waals surface area contributed by atoms with Crippen LogP contribution >= 0.6 is 0 Å². The van der Waals surface area contributed by atoms with Crippen molar-refractivity contribution in [1.82, 2.24) is 19.4 Å². The summed E-state index contributed by atoms with van der Waals surface area (Å²) >= 11 is 0. The molecule has 2 atom stereocenters. The fourth-order valence-corrected chi connectivity index (χ4v) is 4.44. The molecule has 2 aliphatic heterocycles. The van der Waals surface area contributed by atoms with E-state index in [9.17, 15) is 0 Å². The van der Waals surface area contributed by atoms with Crippen molar-refractivity contribution in [2.24, 2.45) is 11.8 Å². The Kier molecular flexibility index (Phi) is 3.63. The van der Waals surface area contributed by atoms with Gasteiger partial charge in [0.2, 0.25) is 0 Å². The van der Waals surface area contributed by atoms with Gasteiger partial charge in [0.1, 0.15) is 5.82 Å². The molecular weight excluding hydrogens is 308 g/mol. The molecule has 0 unspecified atom stereocenters. The van der Waals surface area contributed by atoms with Crippen LogP contribution in [0.4, 0.5) is 0 Å². The van der Waals surface area contributed by atoms with Crippen LogP contribution in [0.25, 0.3) is 11.3 Å². The van der Waals surface area contributed by atoms with Gasteiger partial charge in [-0.05, 0) is 29.0 Å². The molecular formula is C21H22N4. The van der Waals surface area contributed by atoms with Crippen molar-refractivity contribution in [1.29, 1.82) is 0 Å². The van der Waals surface area contributed by atoms with Gasteiger partial charge in [0, 0.05) is 45.0 Å². The van der Waals surface area contributed by atoms with Crippen molar-refractivity contribution in [2.75, 3.05) is 13.1 Å². The first kappa shape index (κ1) is 14.8. The minimum Gasteiger partial charge on any atom is -0.328 e. The van der Waals surface area contributed by atoms with Crippen LogP contribution in [0.1, 0.15) is 11.4 Å². The summed E-state index contributed by atoms with van der Waals surface area (Å²) in [5.74, 6) is 2.71. The zero-order chi connectivity index (χ0) is 16.6. The maximum atomic E-state index is 4.74. The lowest BCUT2D eigenvalue weighted by Crippen LogP contribution is -2.28. The van der Waals surface area contributed by atoms with Crippen molar-refractivity contribution in [2.45, 2.75) is 19.5 Å². The number of rotatable bonds is 3. The summed E-state index contributed by atoms with van der Waals surface area (Å²) < 4.78 is 2.45. The van der Waals surface area contributed by atoms with E-state index in [1.165, 1.54) is 35.7 Å². The first-order valence-corrected chi connectivity index (χ1v) is 9.08. The lowest BCUT2D eigenvalue weighted by atomic mass is 9.89. The Morgan fingerprint density at radius 1 is 0.920 bits per heavy atom. The van der Waals surface area contributed by atoms with Gasteiger partial charge in [0.15, 0.2) is 0 Å². The molecule has 0 N–H and O–H groups in total. The summed E-state index contributed by atoms with van der Waals surface area (Å²) in [6.07, 6.45) is 6.98. The van der Waals surface area contributed by atoms with E-state index >= 15 is 0 Å². The molecule has 2 aliphatic rings. The van der Waals surface area contributed by atoms with Crippen LogP contribution in [0.2, 0.25) is 0 Å². The molecule has 3 aromatic rings. The number of pyridine rings is 1. The van der Waals surface area contributed by atoms with Gasteiger partial charge >= 0.3 is 0 Å². The highest BCUT2D eigenvalue weighted by Gasteiger charge is 2.37. The Morgan fingerprint density at radius 3 is 2.64 bits per heavy atom. The third-order valence-electron chi connectivity index (χ3n) is 5.65. The largest absolute Gasteiger partial charge is 0.328 e. The van der Waals surface area contributed by atoms with Crippen molar-refractivity contribution in [3.8, 4) is 11.3 Å². The van der Waals surface area contributed by atoms with E-state index in [1.807, 2.05) is 18.5 Å². The molecule has 0 radical (unpaired) electrons. The maximum absolute atomic E-state index is 4.74. The number of likely N-dealkylation sites (tertiary alicyclic amines) is 1. The molecule has 0 bridgehead atoms. The van der Waals surface area contributed by atoms with Gasteiger partial charge in [-0.25, -0.2) is 4.98 Å². The number of hydrogen-bond acceptors (Lipinski definition) is 3. The van der Waals surface area contributed by atoms with Gasteiger partial charge < -0.3 is 4.57 Å². The van der Waals surface area contributed by atoms with E-state index in [-0.39, 0.29) is 0 Å². The second-order valence-electron chi connectivity index (χ2n) is 7.32. The molecule has 1 aromatic carbocycles. The fourth-order valence-electron chi connectivity index (χ4n) is 4.44. The zero-order valence-electron chi connectivity index (χ0n) is 14.3. The van der Waals surface area contributed by atoms with Crippen LogP contribution in [0, 0.1) is 11.8 Å². The van der Waals surface area contributed by atoms with E-state index in [1.54, 1.807) is 0 Å². The number of nitrogens with zero attached hydrogens (tertiary/aromatic N) is 4. The topological polar surface area (TPSA) is 34.0 Å². The minimum atomic E-state index is 0.723. The third kappa shape index (κ3) is 2.76. The van der Waals surface area contributed by atoms with Crippen LogP contribution in [0.5, 0.6) is 0 Å². The van der Waals surface area contributed by atoms with Crippen LogP contribution < -0.4 is 0 Å². The summed E-state index contributed by atoms with van der Waals surface area (Å²) in [6, 6.07) is 14.8. The smallest absolute Gasteiger partial charge is 0.109 e. The number of aromatic nitrogens is 3. The third-order valence-corrected chi connectivity index (χ3v) is 5.65. The number of imidazole rings is 1. The molecule has 0 aliphatic carbocycles. The Labute approximate surface area is 148 Å². The Morgan fingerprint density at radius 2 is 1.80 bits per heavy atom. The number of benzene rings is 1. The maximum Gasteiger partial charge on any atom is 0.109 e. The van der Waals surface area contributed by atoms with Crippen molar-refractivity contribution >= 4 is 0 Å². The average molecular weight is 330 g/mol. The lowest BCUT2D eigenvalue weighted by Gasteiger charge is -2.27. The van der Waals surface area contributed by atoms with Gasteiger partial charge in [0.25, 0.3) is 0 Å². The first-order valence-electron chi connectivity index (χ1n) is 9.08. The van der Waals surface area contributed by atoms with E-state index in [4.69, 9.17) is 4.98 Å². The van der Waals surface area contributed by atoms with Crippen molar-refractivity contribution in [3.05, 3.63) is 72.4 Å². The molecule has 0 saturated carbocycles. The Bertz CT molecular complexity index is 856. The van der Waals surface area contributed by atoms with E-state index in [0.717, 1.165) is 31.3 Å².